The van der Waals surface area contributed by atoms with Gasteiger partial charge in [0.15, 0.2) is 0 Å². The molecule has 7 nitrogen and oxygen atoms in total. The fourth-order valence-corrected chi connectivity index (χ4v) is 0.853. The smallest absolute Gasteiger partial charge is 0.328 e. The Morgan fingerprint density at radius 2 is 1.80 bits per heavy atom. The van der Waals surface area contributed by atoms with Crippen LogP contribution >= 0.6 is 0 Å². The van der Waals surface area contributed by atoms with Gasteiger partial charge in [-0.05, 0) is 6.92 Å². The molecule has 2 amide bonds. The van der Waals surface area contributed by atoms with Crippen molar-refractivity contribution in [1.29, 1.82) is 0 Å². The lowest BCUT2D eigenvalue weighted by atomic mass is 10.2. The average Bonchev–Trinajstić information content (AvgIpc) is 2.11. The van der Waals surface area contributed by atoms with E-state index in [4.69, 9.17) is 10.2 Å². The summed E-state index contributed by atoms with van der Waals surface area (Å²) in [6, 6.07) is -2.19. The van der Waals surface area contributed by atoms with Crippen LogP contribution < -0.4 is 10.6 Å². The number of hydrogen-bond acceptors (Lipinski definition) is 4. The van der Waals surface area contributed by atoms with Crippen molar-refractivity contribution in [2.45, 2.75) is 25.9 Å². The molecule has 0 aromatic rings. The summed E-state index contributed by atoms with van der Waals surface area (Å²) < 4.78 is 0. The summed E-state index contributed by atoms with van der Waals surface area (Å²) in [7, 11) is 0. The molecule has 0 aromatic carbocycles. The number of amides is 2. The molecule has 0 aromatic heterocycles. The minimum Gasteiger partial charge on any atom is -0.480 e. The second-order valence-corrected chi connectivity index (χ2v) is 3.00. The fraction of sp³-hybridized carbons (Fsp3) is 0.625. The van der Waals surface area contributed by atoms with Crippen LogP contribution in [0.3, 0.4) is 0 Å². The van der Waals surface area contributed by atoms with Gasteiger partial charge in [0.25, 0.3) is 0 Å². The van der Waals surface area contributed by atoms with E-state index in [0.717, 1.165) is 0 Å². The van der Waals surface area contributed by atoms with Gasteiger partial charge in [0, 0.05) is 6.92 Å². The highest BCUT2D eigenvalue weighted by atomic mass is 16.4. The number of aliphatic hydroxyl groups excluding tert-OH is 1. The normalized spacial score (nSPS) is 13.8. The summed E-state index contributed by atoms with van der Waals surface area (Å²) in [5.41, 5.74) is 0. The topological polar surface area (TPSA) is 116 Å². The van der Waals surface area contributed by atoms with Gasteiger partial charge >= 0.3 is 5.97 Å². The Morgan fingerprint density at radius 3 is 2.13 bits per heavy atom. The quantitative estimate of drug-likeness (QED) is 0.429. The lowest BCUT2D eigenvalue weighted by molar-refractivity contribution is -0.143. The van der Waals surface area contributed by atoms with Gasteiger partial charge in [0.1, 0.15) is 12.1 Å². The fourth-order valence-electron chi connectivity index (χ4n) is 0.853. The summed E-state index contributed by atoms with van der Waals surface area (Å²) in [5, 5.41) is 21.5. The molecule has 0 aliphatic heterocycles. The monoisotopic (exact) mass is 218 g/mol. The standard InChI is InChI=1S/C8H14N2O5/c1-4(9-5(2)12)7(13)10-6(3-11)8(14)15/h4,6,11H,3H2,1-2H3,(H,9,12)(H,10,13)(H,14,15)/t4-,6-/m0/s1. The van der Waals surface area contributed by atoms with E-state index in [1.54, 1.807) is 0 Å². The van der Waals surface area contributed by atoms with E-state index in [-0.39, 0.29) is 0 Å². The zero-order chi connectivity index (χ0) is 12.0. The maximum absolute atomic E-state index is 11.3. The van der Waals surface area contributed by atoms with Gasteiger partial charge < -0.3 is 20.8 Å². The molecule has 7 heteroatoms. The van der Waals surface area contributed by atoms with Crippen molar-refractivity contribution in [2.24, 2.45) is 0 Å². The Labute approximate surface area is 86.5 Å². The first-order valence-electron chi connectivity index (χ1n) is 4.29. The predicted octanol–water partition coefficient (Wildman–Crippen LogP) is -1.93. The summed E-state index contributed by atoms with van der Waals surface area (Å²) in [5.74, 6) is -2.39. The van der Waals surface area contributed by atoms with Gasteiger partial charge in [-0.25, -0.2) is 4.79 Å². The third kappa shape index (κ3) is 4.96. The molecule has 0 aliphatic carbocycles. The molecule has 0 saturated carbocycles. The van der Waals surface area contributed by atoms with Crippen LogP contribution in [0.4, 0.5) is 0 Å². The van der Waals surface area contributed by atoms with E-state index in [1.165, 1.54) is 13.8 Å². The largest absolute Gasteiger partial charge is 0.480 e. The van der Waals surface area contributed by atoms with Crippen molar-refractivity contribution in [1.82, 2.24) is 10.6 Å². The molecule has 86 valence electrons. The first-order chi connectivity index (χ1) is 6.88. The Bertz CT molecular complexity index is 266. The van der Waals surface area contributed by atoms with Crippen LogP contribution in [0.5, 0.6) is 0 Å². The Balaban J connectivity index is 4.21. The molecule has 0 aliphatic rings. The van der Waals surface area contributed by atoms with Crippen LogP contribution in [0, 0.1) is 0 Å². The van der Waals surface area contributed by atoms with Crippen molar-refractivity contribution in [2.75, 3.05) is 6.61 Å². The van der Waals surface area contributed by atoms with Crippen molar-refractivity contribution in [3.8, 4) is 0 Å². The molecule has 4 N–H and O–H groups in total. The van der Waals surface area contributed by atoms with Crippen molar-refractivity contribution in [3.05, 3.63) is 0 Å². The summed E-state index contributed by atoms with van der Waals surface area (Å²) in [4.78, 5) is 32.3. The number of carbonyl (C=O) groups is 3. The number of carboxylic acid groups (broad SMARTS) is 1. The molecule has 0 rings (SSSR count). The average molecular weight is 218 g/mol. The van der Waals surface area contributed by atoms with Crippen LogP contribution in [-0.2, 0) is 14.4 Å². The molecular weight excluding hydrogens is 204 g/mol. The van der Waals surface area contributed by atoms with Crippen LogP contribution in [0.25, 0.3) is 0 Å². The highest BCUT2D eigenvalue weighted by molar-refractivity contribution is 5.89. The van der Waals surface area contributed by atoms with Crippen LogP contribution in [0.2, 0.25) is 0 Å². The summed E-state index contributed by atoms with van der Waals surface area (Å²) in [6.07, 6.45) is 0. The Morgan fingerprint density at radius 1 is 1.27 bits per heavy atom. The number of carboxylic acids is 1. The van der Waals surface area contributed by atoms with Crippen LogP contribution in [0.15, 0.2) is 0 Å². The maximum Gasteiger partial charge on any atom is 0.328 e. The second kappa shape index (κ2) is 5.97. The van der Waals surface area contributed by atoms with Gasteiger partial charge in [-0.3, -0.25) is 9.59 Å². The van der Waals surface area contributed by atoms with Crippen LogP contribution in [0.1, 0.15) is 13.8 Å². The molecule has 0 heterocycles. The number of hydrogen-bond donors (Lipinski definition) is 4. The minimum atomic E-state index is -1.35. The van der Waals surface area contributed by atoms with E-state index < -0.39 is 36.5 Å². The SMILES string of the molecule is CC(=O)N[C@@H](C)C(=O)N[C@@H](CO)C(=O)O. The van der Waals surface area contributed by atoms with Gasteiger partial charge in [-0.2, -0.15) is 0 Å². The van der Waals surface area contributed by atoms with E-state index in [9.17, 15) is 14.4 Å². The summed E-state index contributed by atoms with van der Waals surface area (Å²) in [6.45, 7) is 1.95. The molecule has 0 spiro atoms. The molecule has 0 fully saturated rings. The third-order valence-corrected chi connectivity index (χ3v) is 1.61. The second-order valence-electron chi connectivity index (χ2n) is 3.00. The van der Waals surface area contributed by atoms with E-state index in [2.05, 4.69) is 10.6 Å². The Hall–Kier alpha value is -1.63. The first-order valence-corrected chi connectivity index (χ1v) is 4.29. The molecule has 2 atom stereocenters. The number of aliphatic carboxylic acids is 1. The lowest BCUT2D eigenvalue weighted by Gasteiger charge is -2.16. The van der Waals surface area contributed by atoms with Crippen LogP contribution in [-0.4, -0.2) is 46.7 Å². The minimum absolute atomic E-state index is 0.395. The highest BCUT2D eigenvalue weighted by Crippen LogP contribution is 1.87. The number of aliphatic hydroxyl groups is 1. The highest BCUT2D eigenvalue weighted by Gasteiger charge is 2.22. The lowest BCUT2D eigenvalue weighted by Crippen LogP contribution is -2.51. The van der Waals surface area contributed by atoms with E-state index in [0.29, 0.717) is 0 Å². The van der Waals surface area contributed by atoms with Gasteiger partial charge in [-0.1, -0.05) is 0 Å². The number of rotatable bonds is 5. The van der Waals surface area contributed by atoms with Gasteiger partial charge in [-0.15, -0.1) is 0 Å². The van der Waals surface area contributed by atoms with Crippen molar-refractivity contribution < 1.29 is 24.6 Å². The molecule has 0 unspecified atom stereocenters. The van der Waals surface area contributed by atoms with Gasteiger partial charge in [0.05, 0.1) is 6.61 Å². The molecule has 0 radical (unpaired) electrons. The van der Waals surface area contributed by atoms with E-state index in [1.807, 2.05) is 0 Å². The molecule has 0 saturated heterocycles. The van der Waals surface area contributed by atoms with E-state index >= 15 is 0 Å². The zero-order valence-corrected chi connectivity index (χ0v) is 8.48. The first kappa shape index (κ1) is 13.4. The molecule has 15 heavy (non-hydrogen) atoms. The Kier molecular flexibility index (Phi) is 5.32. The molecule has 0 bridgehead atoms. The maximum atomic E-state index is 11.3. The predicted molar refractivity (Wildman–Crippen MR) is 49.9 cm³/mol. The van der Waals surface area contributed by atoms with Gasteiger partial charge in [0.2, 0.25) is 11.8 Å². The number of carbonyl (C=O) groups excluding carboxylic acids is 2. The molecular formula is C8H14N2O5. The number of nitrogens with one attached hydrogen (secondary N) is 2. The zero-order valence-electron chi connectivity index (χ0n) is 8.48. The van der Waals surface area contributed by atoms with Crippen molar-refractivity contribution in [3.63, 3.8) is 0 Å². The third-order valence-electron chi connectivity index (χ3n) is 1.61. The summed E-state index contributed by atoms with van der Waals surface area (Å²) >= 11 is 0. The van der Waals surface area contributed by atoms with Crippen molar-refractivity contribution >= 4 is 17.8 Å².